The summed E-state index contributed by atoms with van der Waals surface area (Å²) in [7, 11) is 0. The van der Waals surface area contributed by atoms with Gasteiger partial charge in [0.15, 0.2) is 0 Å². The van der Waals surface area contributed by atoms with Gasteiger partial charge in [0.1, 0.15) is 6.61 Å². The fourth-order valence-corrected chi connectivity index (χ4v) is 1.20. The van der Waals surface area contributed by atoms with Crippen LogP contribution in [-0.2, 0) is 9.53 Å². The molecule has 0 aliphatic heterocycles. The van der Waals surface area contributed by atoms with Crippen LogP contribution in [0.3, 0.4) is 0 Å². The number of hydrogen-bond donors (Lipinski definition) is 0. The van der Waals surface area contributed by atoms with Gasteiger partial charge in [-0.3, -0.25) is 4.79 Å². The number of halogens is 3. The number of carbonyl (C=O) groups excluding carboxylic acids is 1. The Morgan fingerprint density at radius 1 is 1.37 bits per heavy atom. The lowest BCUT2D eigenvalue weighted by molar-refractivity contribution is -0.222. The van der Waals surface area contributed by atoms with Crippen molar-refractivity contribution in [1.82, 2.24) is 0 Å². The molecule has 0 aliphatic carbocycles. The predicted octanol–water partition coefficient (Wildman–Crippen LogP) is 3.84. The van der Waals surface area contributed by atoms with Crippen molar-refractivity contribution in [2.75, 3.05) is 6.61 Å². The summed E-state index contributed by atoms with van der Waals surface area (Å²) in [6.07, 6.45) is -4.45. The van der Waals surface area contributed by atoms with Crippen molar-refractivity contribution < 1.29 is 22.7 Å². The number of ether oxygens (including phenoxy) is 1. The van der Waals surface area contributed by atoms with Gasteiger partial charge in [-0.05, 0) is 11.4 Å². The van der Waals surface area contributed by atoms with E-state index >= 15 is 0 Å². The summed E-state index contributed by atoms with van der Waals surface area (Å²) < 4.78 is 43.2. The Balaban J connectivity index is 4.78. The molecule has 0 aromatic carbocycles. The van der Waals surface area contributed by atoms with Gasteiger partial charge in [-0.15, -0.1) is 0 Å². The van der Waals surface area contributed by atoms with Gasteiger partial charge in [-0.2, -0.15) is 13.2 Å². The molecule has 0 bridgehead atoms. The molecular formula is C11H18F3N3O2. The average Bonchev–Trinajstić information content (AvgIpc) is 2.21. The predicted molar refractivity (Wildman–Crippen MR) is 63.2 cm³/mol. The molecular weight excluding hydrogens is 263 g/mol. The van der Waals surface area contributed by atoms with Crippen LogP contribution in [-0.4, -0.2) is 24.8 Å². The largest absolute Gasteiger partial charge is 0.465 e. The van der Waals surface area contributed by atoms with Gasteiger partial charge in [0.25, 0.3) is 0 Å². The second-order valence-electron chi connectivity index (χ2n) is 5.22. The number of rotatable bonds is 6. The minimum absolute atomic E-state index is 0.0426. The number of hydrogen-bond acceptors (Lipinski definition) is 3. The zero-order valence-corrected chi connectivity index (χ0v) is 11.4. The van der Waals surface area contributed by atoms with E-state index in [9.17, 15) is 18.0 Å². The van der Waals surface area contributed by atoms with Gasteiger partial charge in [-0.1, -0.05) is 32.8 Å². The summed E-state index contributed by atoms with van der Waals surface area (Å²) in [5.41, 5.74) is 6.06. The Kier molecular flexibility index (Phi) is 6.15. The number of carbonyl (C=O) groups is 1. The van der Waals surface area contributed by atoms with Crippen LogP contribution >= 0.6 is 0 Å². The molecule has 0 aromatic heterocycles. The van der Waals surface area contributed by atoms with Crippen molar-refractivity contribution in [1.29, 1.82) is 0 Å². The van der Waals surface area contributed by atoms with Gasteiger partial charge < -0.3 is 4.74 Å². The molecule has 0 radical (unpaired) electrons. The number of alkyl halides is 3. The van der Waals surface area contributed by atoms with Crippen LogP contribution in [0.4, 0.5) is 13.2 Å². The molecule has 1 unspecified atom stereocenters. The lowest BCUT2D eigenvalue weighted by Gasteiger charge is -2.32. The maximum absolute atomic E-state index is 12.8. The van der Waals surface area contributed by atoms with Crippen molar-refractivity contribution in [3.8, 4) is 0 Å². The van der Waals surface area contributed by atoms with Crippen LogP contribution < -0.4 is 0 Å². The highest BCUT2D eigenvalue weighted by Crippen LogP contribution is 2.41. The third-order valence-electron chi connectivity index (χ3n) is 2.73. The van der Waals surface area contributed by atoms with E-state index in [1.54, 1.807) is 13.8 Å². The molecule has 0 N–H and O–H groups in total. The van der Waals surface area contributed by atoms with Crippen LogP contribution in [0.25, 0.3) is 10.4 Å². The molecule has 0 amide bonds. The van der Waals surface area contributed by atoms with E-state index in [-0.39, 0.29) is 12.3 Å². The summed E-state index contributed by atoms with van der Waals surface area (Å²) in [5, 5.41) is 3.10. The van der Waals surface area contributed by atoms with Crippen LogP contribution in [0.5, 0.6) is 0 Å². The molecule has 110 valence electrons. The summed E-state index contributed by atoms with van der Waals surface area (Å²) >= 11 is 0. The molecule has 0 rings (SSSR count). The standard InChI is InChI=1S/C11H18F3N3O2/c1-7(2)5-9(18)19-6-8(16-17-15)10(3,4)11(12,13)14/h7-8H,5-6H2,1-4H3. The van der Waals surface area contributed by atoms with Gasteiger partial charge in [0.2, 0.25) is 0 Å². The first-order valence-corrected chi connectivity index (χ1v) is 5.79. The number of azide groups is 1. The Morgan fingerprint density at radius 3 is 2.26 bits per heavy atom. The molecule has 8 heteroatoms. The second kappa shape index (κ2) is 6.65. The first-order valence-electron chi connectivity index (χ1n) is 5.79. The molecule has 1 atom stereocenters. The van der Waals surface area contributed by atoms with Gasteiger partial charge in [0.05, 0.1) is 11.5 Å². The molecule has 0 aliphatic rings. The van der Waals surface area contributed by atoms with E-state index < -0.39 is 30.2 Å². The Hall–Kier alpha value is -1.43. The Labute approximate surface area is 109 Å². The van der Waals surface area contributed by atoms with E-state index in [2.05, 4.69) is 10.0 Å². The van der Waals surface area contributed by atoms with Gasteiger partial charge in [-0.25, -0.2) is 0 Å². The maximum atomic E-state index is 12.8. The molecule has 0 fully saturated rings. The minimum Gasteiger partial charge on any atom is -0.465 e. The first-order chi connectivity index (χ1) is 8.52. The SMILES string of the molecule is CC(C)CC(=O)OCC(N=[N+]=[N-])C(C)(C)C(F)(F)F. The fourth-order valence-electron chi connectivity index (χ4n) is 1.20. The highest BCUT2D eigenvalue weighted by atomic mass is 19.4. The average molecular weight is 281 g/mol. The van der Waals surface area contributed by atoms with Crippen molar-refractivity contribution in [2.45, 2.75) is 46.3 Å². The zero-order chi connectivity index (χ0) is 15.3. The molecule has 0 spiro atoms. The molecule has 0 heterocycles. The molecule has 5 nitrogen and oxygen atoms in total. The minimum atomic E-state index is -4.56. The van der Waals surface area contributed by atoms with Crippen LogP contribution in [0, 0.1) is 11.3 Å². The second-order valence-corrected chi connectivity index (χ2v) is 5.22. The molecule has 19 heavy (non-hydrogen) atoms. The fraction of sp³-hybridized carbons (Fsp3) is 0.909. The van der Waals surface area contributed by atoms with Crippen molar-refractivity contribution >= 4 is 5.97 Å². The Bertz CT molecular complexity index is 361. The lowest BCUT2D eigenvalue weighted by Crippen LogP contribution is -2.44. The summed E-state index contributed by atoms with van der Waals surface area (Å²) in [6.45, 7) is 4.80. The molecule has 0 aromatic rings. The van der Waals surface area contributed by atoms with Crippen LogP contribution in [0.2, 0.25) is 0 Å². The third-order valence-corrected chi connectivity index (χ3v) is 2.73. The van der Waals surface area contributed by atoms with Crippen molar-refractivity contribution in [2.24, 2.45) is 16.4 Å². The topological polar surface area (TPSA) is 75.1 Å². The lowest BCUT2D eigenvalue weighted by atomic mass is 9.84. The maximum Gasteiger partial charge on any atom is 0.394 e. The van der Waals surface area contributed by atoms with Crippen LogP contribution in [0.1, 0.15) is 34.1 Å². The quantitative estimate of drug-likeness (QED) is 0.321. The molecule has 0 saturated carbocycles. The summed E-state index contributed by atoms with van der Waals surface area (Å²) in [4.78, 5) is 13.7. The van der Waals surface area contributed by atoms with E-state index in [1.165, 1.54) is 0 Å². The first kappa shape index (κ1) is 17.6. The van der Waals surface area contributed by atoms with E-state index in [4.69, 9.17) is 10.3 Å². The number of nitrogens with zero attached hydrogens (tertiary/aromatic N) is 3. The monoisotopic (exact) mass is 281 g/mol. The highest BCUT2D eigenvalue weighted by molar-refractivity contribution is 5.69. The smallest absolute Gasteiger partial charge is 0.394 e. The third kappa shape index (κ3) is 5.38. The van der Waals surface area contributed by atoms with E-state index in [1.807, 2.05) is 0 Å². The summed E-state index contributed by atoms with van der Waals surface area (Å²) in [6, 6.07) is -1.49. The van der Waals surface area contributed by atoms with E-state index in [0.717, 1.165) is 13.8 Å². The zero-order valence-electron chi connectivity index (χ0n) is 11.4. The number of esters is 1. The molecule has 0 saturated heterocycles. The van der Waals surface area contributed by atoms with Crippen LogP contribution in [0.15, 0.2) is 5.11 Å². The van der Waals surface area contributed by atoms with Crippen molar-refractivity contribution in [3.63, 3.8) is 0 Å². The Morgan fingerprint density at radius 2 is 1.89 bits per heavy atom. The summed E-state index contributed by atoms with van der Waals surface area (Å²) in [5.74, 6) is -0.563. The van der Waals surface area contributed by atoms with Gasteiger partial charge in [0, 0.05) is 11.3 Å². The van der Waals surface area contributed by atoms with E-state index in [0.29, 0.717) is 0 Å². The normalized spacial score (nSPS) is 13.9. The highest BCUT2D eigenvalue weighted by Gasteiger charge is 2.52. The van der Waals surface area contributed by atoms with Crippen molar-refractivity contribution in [3.05, 3.63) is 10.4 Å². The van der Waals surface area contributed by atoms with Gasteiger partial charge >= 0.3 is 12.1 Å².